The first-order valence-corrected chi connectivity index (χ1v) is 7.81. The maximum absolute atomic E-state index is 11.9. The number of nitrogens with one attached hydrogen (secondary N) is 1. The summed E-state index contributed by atoms with van der Waals surface area (Å²) in [5.41, 5.74) is 4.08. The summed E-state index contributed by atoms with van der Waals surface area (Å²) in [6.45, 7) is 2.52. The summed E-state index contributed by atoms with van der Waals surface area (Å²) in [4.78, 5) is 25.4. The molecule has 0 aromatic heterocycles. The molecule has 118 valence electrons. The van der Waals surface area contributed by atoms with Crippen molar-refractivity contribution in [2.24, 2.45) is 5.10 Å². The molecule has 1 aromatic rings. The van der Waals surface area contributed by atoms with Crippen LogP contribution in [-0.4, -0.2) is 35.5 Å². The molecule has 6 heteroatoms. The fourth-order valence-electron chi connectivity index (χ4n) is 2.32. The molecule has 1 aliphatic heterocycles. The van der Waals surface area contributed by atoms with Crippen LogP contribution in [0.1, 0.15) is 38.2 Å². The Balaban J connectivity index is 1.89. The van der Waals surface area contributed by atoms with E-state index in [1.54, 1.807) is 24.0 Å². The van der Waals surface area contributed by atoms with E-state index in [0.29, 0.717) is 23.7 Å². The number of likely N-dealkylation sites (tertiary alicyclic amines) is 1. The third-order valence-corrected chi connectivity index (χ3v) is 3.87. The van der Waals surface area contributed by atoms with Crippen LogP contribution in [0.5, 0.6) is 0 Å². The normalized spacial score (nSPS) is 16.4. The second-order valence-electron chi connectivity index (χ2n) is 5.37. The van der Waals surface area contributed by atoms with Crippen LogP contribution in [0.4, 0.5) is 0 Å². The average molecular weight is 322 g/mol. The van der Waals surface area contributed by atoms with Crippen LogP contribution in [0.25, 0.3) is 0 Å². The van der Waals surface area contributed by atoms with Gasteiger partial charge in [-0.2, -0.15) is 5.10 Å². The van der Waals surface area contributed by atoms with Crippen molar-refractivity contribution in [3.05, 3.63) is 34.9 Å². The van der Waals surface area contributed by atoms with Gasteiger partial charge in [-0.15, -0.1) is 0 Å². The largest absolute Gasteiger partial charge is 0.333 e. The molecule has 22 heavy (non-hydrogen) atoms. The van der Waals surface area contributed by atoms with Gasteiger partial charge in [-0.3, -0.25) is 9.59 Å². The summed E-state index contributed by atoms with van der Waals surface area (Å²) < 4.78 is 0. The maximum atomic E-state index is 11.9. The molecule has 1 saturated heterocycles. The van der Waals surface area contributed by atoms with Gasteiger partial charge in [0.15, 0.2) is 0 Å². The van der Waals surface area contributed by atoms with E-state index >= 15 is 0 Å². The Morgan fingerprint density at radius 1 is 1.27 bits per heavy atom. The minimum atomic E-state index is -0.274. The molecule has 0 saturated carbocycles. The van der Waals surface area contributed by atoms with Crippen molar-refractivity contribution in [1.29, 1.82) is 0 Å². The highest BCUT2D eigenvalue weighted by atomic mass is 35.5. The summed E-state index contributed by atoms with van der Waals surface area (Å²) in [5, 5.41) is 4.73. The minimum absolute atomic E-state index is 0.0473. The quantitative estimate of drug-likeness (QED) is 0.684. The van der Waals surface area contributed by atoms with Crippen LogP contribution in [0.2, 0.25) is 5.02 Å². The van der Waals surface area contributed by atoms with Crippen molar-refractivity contribution in [3.8, 4) is 0 Å². The van der Waals surface area contributed by atoms with Gasteiger partial charge in [0.2, 0.25) is 5.91 Å². The number of nitrogens with zero attached hydrogens (tertiary/aromatic N) is 2. The number of hydrogen-bond acceptors (Lipinski definition) is 3. The molecule has 0 radical (unpaired) electrons. The molecule has 5 nitrogen and oxygen atoms in total. The molecule has 1 aliphatic rings. The van der Waals surface area contributed by atoms with Crippen molar-refractivity contribution in [3.63, 3.8) is 0 Å². The van der Waals surface area contributed by atoms with Crippen LogP contribution in [0, 0.1) is 0 Å². The van der Waals surface area contributed by atoms with Gasteiger partial charge in [0.05, 0.1) is 5.71 Å². The number of rotatable bonds is 4. The Morgan fingerprint density at radius 2 is 2.00 bits per heavy atom. The Hall–Kier alpha value is -1.88. The molecule has 0 aliphatic carbocycles. The van der Waals surface area contributed by atoms with Gasteiger partial charge in [0.25, 0.3) is 5.91 Å². The maximum Gasteiger partial charge on any atom is 0.259 e. The summed E-state index contributed by atoms with van der Waals surface area (Å²) in [7, 11) is 0. The molecule has 1 N–H and O–H groups in total. The van der Waals surface area contributed by atoms with Crippen molar-refractivity contribution in [1.82, 2.24) is 10.3 Å². The summed E-state index contributed by atoms with van der Waals surface area (Å²) in [6.07, 6.45) is 3.43. The molecule has 2 amide bonds. The zero-order valence-corrected chi connectivity index (χ0v) is 13.4. The fraction of sp³-hybridized carbons (Fsp3) is 0.438. The lowest BCUT2D eigenvalue weighted by Crippen LogP contribution is -2.39. The smallest absolute Gasteiger partial charge is 0.259 e. The summed E-state index contributed by atoms with van der Waals surface area (Å²) in [5.74, 6) is -0.227. The van der Waals surface area contributed by atoms with Crippen molar-refractivity contribution in [2.45, 2.75) is 32.6 Å². The SMILES string of the molecule is C/C(=N/NC(=O)CN1CCCCCC1=O)c1ccc(Cl)cc1. The highest BCUT2D eigenvalue weighted by molar-refractivity contribution is 6.30. The first-order valence-electron chi connectivity index (χ1n) is 7.43. The van der Waals surface area contributed by atoms with Gasteiger partial charge in [0.1, 0.15) is 6.54 Å². The van der Waals surface area contributed by atoms with Crippen LogP contribution in [0.3, 0.4) is 0 Å². The van der Waals surface area contributed by atoms with Gasteiger partial charge < -0.3 is 4.90 Å². The van der Waals surface area contributed by atoms with Gasteiger partial charge >= 0.3 is 0 Å². The van der Waals surface area contributed by atoms with E-state index in [-0.39, 0.29) is 18.4 Å². The number of amides is 2. The van der Waals surface area contributed by atoms with Crippen LogP contribution in [0.15, 0.2) is 29.4 Å². The molecule has 2 rings (SSSR count). The van der Waals surface area contributed by atoms with Gasteiger partial charge in [-0.1, -0.05) is 30.2 Å². The standard InChI is InChI=1S/C16H20ClN3O2/c1-12(13-6-8-14(17)9-7-13)18-19-15(21)11-20-10-4-2-3-5-16(20)22/h6-9H,2-5,10-11H2,1H3,(H,19,21)/b18-12-. The lowest BCUT2D eigenvalue weighted by molar-refractivity contribution is -0.135. The van der Waals surface area contributed by atoms with E-state index < -0.39 is 0 Å². The van der Waals surface area contributed by atoms with Gasteiger partial charge in [-0.05, 0) is 37.5 Å². The van der Waals surface area contributed by atoms with Gasteiger partial charge in [0, 0.05) is 18.0 Å². The fourth-order valence-corrected chi connectivity index (χ4v) is 2.44. The van der Waals surface area contributed by atoms with E-state index in [1.165, 1.54) is 0 Å². The molecule has 1 heterocycles. The van der Waals surface area contributed by atoms with E-state index in [9.17, 15) is 9.59 Å². The zero-order valence-electron chi connectivity index (χ0n) is 12.6. The molecule has 0 unspecified atom stereocenters. The number of benzene rings is 1. The minimum Gasteiger partial charge on any atom is -0.333 e. The molecular weight excluding hydrogens is 302 g/mol. The monoisotopic (exact) mass is 321 g/mol. The lowest BCUT2D eigenvalue weighted by atomic mass is 10.1. The Bertz CT molecular complexity index is 569. The third-order valence-electron chi connectivity index (χ3n) is 3.62. The third kappa shape index (κ3) is 4.84. The van der Waals surface area contributed by atoms with Crippen LogP contribution < -0.4 is 5.43 Å². The molecule has 0 spiro atoms. The first-order chi connectivity index (χ1) is 10.6. The van der Waals surface area contributed by atoms with Gasteiger partial charge in [-0.25, -0.2) is 5.43 Å². The van der Waals surface area contributed by atoms with Crippen molar-refractivity contribution in [2.75, 3.05) is 13.1 Å². The van der Waals surface area contributed by atoms with E-state index in [1.807, 2.05) is 12.1 Å². The average Bonchev–Trinajstić information content (AvgIpc) is 2.70. The molecule has 1 fully saturated rings. The number of carbonyl (C=O) groups is 2. The summed E-state index contributed by atoms with van der Waals surface area (Å²) >= 11 is 5.83. The highest BCUT2D eigenvalue weighted by Crippen LogP contribution is 2.11. The molecule has 0 bridgehead atoms. The van der Waals surface area contributed by atoms with E-state index in [0.717, 1.165) is 24.8 Å². The van der Waals surface area contributed by atoms with Crippen LogP contribution >= 0.6 is 11.6 Å². The highest BCUT2D eigenvalue weighted by Gasteiger charge is 2.18. The van der Waals surface area contributed by atoms with Crippen molar-refractivity contribution >= 4 is 29.1 Å². The Kier molecular flexibility index (Phi) is 5.95. The zero-order chi connectivity index (χ0) is 15.9. The number of halogens is 1. The number of hydrogen-bond donors (Lipinski definition) is 1. The first kappa shape index (κ1) is 16.5. The second kappa shape index (κ2) is 7.94. The predicted molar refractivity (Wildman–Crippen MR) is 86.9 cm³/mol. The number of carbonyl (C=O) groups excluding carboxylic acids is 2. The summed E-state index contributed by atoms with van der Waals surface area (Å²) in [6, 6.07) is 7.22. The lowest BCUT2D eigenvalue weighted by Gasteiger charge is -2.19. The van der Waals surface area contributed by atoms with E-state index in [2.05, 4.69) is 10.5 Å². The molecule has 1 aromatic carbocycles. The van der Waals surface area contributed by atoms with E-state index in [4.69, 9.17) is 11.6 Å². The predicted octanol–water partition coefficient (Wildman–Crippen LogP) is 2.58. The van der Waals surface area contributed by atoms with Crippen LogP contribution in [-0.2, 0) is 9.59 Å². The topological polar surface area (TPSA) is 61.8 Å². The second-order valence-corrected chi connectivity index (χ2v) is 5.80. The van der Waals surface area contributed by atoms with Crippen molar-refractivity contribution < 1.29 is 9.59 Å². The Morgan fingerprint density at radius 3 is 2.73 bits per heavy atom. The molecule has 0 atom stereocenters. The number of hydrazone groups is 1. The molecular formula is C16H20ClN3O2. The Labute approximate surface area is 135 Å².